The Kier molecular flexibility index (Phi) is 5.26. The number of pyridine rings is 1. The van der Waals surface area contributed by atoms with Crippen molar-refractivity contribution in [3.8, 4) is 5.75 Å². The van der Waals surface area contributed by atoms with Gasteiger partial charge >= 0.3 is 0 Å². The van der Waals surface area contributed by atoms with Gasteiger partial charge in [-0.1, -0.05) is 27.7 Å². The highest BCUT2D eigenvalue weighted by Gasteiger charge is 2.68. The van der Waals surface area contributed by atoms with Crippen LogP contribution in [0.4, 0.5) is 5.82 Å². The molecule has 1 aromatic heterocycles. The number of ether oxygens (including phenoxy) is 2. The summed E-state index contributed by atoms with van der Waals surface area (Å²) in [6.07, 6.45) is 1.72. The molecule has 0 unspecified atom stereocenters. The van der Waals surface area contributed by atoms with Crippen LogP contribution >= 0.6 is 0 Å². The maximum atomic E-state index is 12.7. The molecule has 2 aliphatic rings. The zero-order chi connectivity index (χ0) is 18.9. The minimum Gasteiger partial charge on any atom is -0.492 e. The van der Waals surface area contributed by atoms with Crippen molar-refractivity contribution in [3.63, 3.8) is 0 Å². The zero-order valence-corrected chi connectivity index (χ0v) is 16.6. The Morgan fingerprint density at radius 1 is 1.31 bits per heavy atom. The molecule has 1 aliphatic heterocycles. The Balaban J connectivity index is 1.73. The molecule has 144 valence electrons. The van der Waals surface area contributed by atoms with Crippen molar-refractivity contribution in [1.29, 1.82) is 0 Å². The highest BCUT2D eigenvalue weighted by Crippen LogP contribution is 2.68. The number of hydrogen-bond acceptors (Lipinski definition) is 5. The Hall–Kier alpha value is -1.66. The summed E-state index contributed by atoms with van der Waals surface area (Å²) >= 11 is 0. The number of carbonyl (C=O) groups is 1. The summed E-state index contributed by atoms with van der Waals surface area (Å²) in [7, 11) is 0. The Bertz CT molecular complexity index is 652. The normalized spacial score (nSPS) is 22.0. The fourth-order valence-electron chi connectivity index (χ4n) is 4.01. The third kappa shape index (κ3) is 3.58. The van der Waals surface area contributed by atoms with Gasteiger partial charge in [0.1, 0.15) is 11.6 Å². The number of carbonyl (C=O) groups excluding carboxylic acids is 1. The van der Waals surface area contributed by atoms with Crippen molar-refractivity contribution >= 4 is 11.7 Å². The molecule has 0 spiro atoms. The molecule has 6 heteroatoms. The Morgan fingerprint density at radius 3 is 2.54 bits per heavy atom. The van der Waals surface area contributed by atoms with Crippen LogP contribution in [0.25, 0.3) is 0 Å². The Labute approximate surface area is 156 Å². The highest BCUT2D eigenvalue weighted by molar-refractivity contribution is 5.95. The van der Waals surface area contributed by atoms with Crippen molar-refractivity contribution in [2.45, 2.75) is 41.2 Å². The molecule has 1 aromatic rings. The van der Waals surface area contributed by atoms with Gasteiger partial charge in [-0.05, 0) is 23.8 Å². The standard InChI is InChI=1S/C20H31N3O3/c1-6-26-15-12-21-16(11-14(15)13-23-7-9-25-10-8-23)22-18(24)17-19(2,3)20(17,4)5/h11-12,17H,6-10,13H2,1-5H3,(H,21,22,24). The van der Waals surface area contributed by atoms with Crippen molar-refractivity contribution < 1.29 is 14.3 Å². The first-order valence-electron chi connectivity index (χ1n) is 9.50. The molecule has 1 N–H and O–H groups in total. The number of hydrogen-bond donors (Lipinski definition) is 1. The molecule has 1 aliphatic carbocycles. The van der Waals surface area contributed by atoms with Gasteiger partial charge in [0, 0.05) is 31.1 Å². The van der Waals surface area contributed by atoms with Crippen molar-refractivity contribution in [1.82, 2.24) is 9.88 Å². The summed E-state index contributed by atoms with van der Waals surface area (Å²) in [5.41, 5.74) is 1.08. The van der Waals surface area contributed by atoms with Gasteiger partial charge in [0.25, 0.3) is 0 Å². The number of aromatic nitrogens is 1. The van der Waals surface area contributed by atoms with Crippen LogP contribution in [-0.4, -0.2) is 48.7 Å². The lowest BCUT2D eigenvalue weighted by atomic mass is 10.0. The van der Waals surface area contributed by atoms with Crippen LogP contribution < -0.4 is 10.1 Å². The third-order valence-electron chi connectivity index (χ3n) is 6.28. The molecule has 0 atom stereocenters. The molecular formula is C20H31N3O3. The maximum absolute atomic E-state index is 12.7. The van der Waals surface area contributed by atoms with E-state index in [1.807, 2.05) is 13.0 Å². The van der Waals surface area contributed by atoms with Gasteiger partial charge in [-0.2, -0.15) is 0 Å². The van der Waals surface area contributed by atoms with Crippen molar-refractivity contribution in [3.05, 3.63) is 17.8 Å². The van der Waals surface area contributed by atoms with Gasteiger partial charge in [0.15, 0.2) is 0 Å². The number of nitrogens with zero attached hydrogens (tertiary/aromatic N) is 2. The van der Waals surface area contributed by atoms with E-state index in [1.165, 1.54) is 0 Å². The van der Waals surface area contributed by atoms with E-state index >= 15 is 0 Å². The molecule has 1 saturated heterocycles. The van der Waals surface area contributed by atoms with Crippen LogP contribution in [0.3, 0.4) is 0 Å². The summed E-state index contributed by atoms with van der Waals surface area (Å²) in [4.78, 5) is 19.4. The maximum Gasteiger partial charge on any atom is 0.229 e. The van der Waals surface area contributed by atoms with E-state index < -0.39 is 0 Å². The molecule has 0 bridgehead atoms. The van der Waals surface area contributed by atoms with Gasteiger partial charge < -0.3 is 14.8 Å². The predicted octanol–water partition coefficient (Wildman–Crippen LogP) is 2.93. The van der Waals surface area contributed by atoms with Crippen LogP contribution in [0.1, 0.15) is 40.2 Å². The number of anilines is 1. The lowest BCUT2D eigenvalue weighted by molar-refractivity contribution is -0.118. The van der Waals surface area contributed by atoms with E-state index in [4.69, 9.17) is 9.47 Å². The minimum absolute atomic E-state index is 0.00561. The molecule has 1 saturated carbocycles. The second kappa shape index (κ2) is 7.16. The first kappa shape index (κ1) is 19.1. The van der Waals surface area contributed by atoms with E-state index in [9.17, 15) is 4.79 Å². The first-order chi connectivity index (χ1) is 12.3. The number of nitrogens with one attached hydrogen (secondary N) is 1. The number of rotatable bonds is 6. The number of amides is 1. The van der Waals surface area contributed by atoms with E-state index in [2.05, 4.69) is 42.9 Å². The Morgan fingerprint density at radius 2 is 1.96 bits per heavy atom. The summed E-state index contributed by atoms with van der Waals surface area (Å²) in [5.74, 6) is 1.43. The molecular weight excluding hydrogens is 330 g/mol. The van der Waals surface area contributed by atoms with Gasteiger partial charge in [-0.3, -0.25) is 9.69 Å². The first-order valence-corrected chi connectivity index (χ1v) is 9.50. The smallest absolute Gasteiger partial charge is 0.229 e. The molecule has 0 aromatic carbocycles. The van der Waals surface area contributed by atoms with E-state index in [0.717, 1.165) is 44.2 Å². The molecule has 2 fully saturated rings. The zero-order valence-electron chi connectivity index (χ0n) is 16.6. The highest BCUT2D eigenvalue weighted by atomic mass is 16.5. The fourth-order valence-corrected chi connectivity index (χ4v) is 4.01. The monoisotopic (exact) mass is 361 g/mol. The largest absolute Gasteiger partial charge is 0.492 e. The molecule has 26 heavy (non-hydrogen) atoms. The second-order valence-corrected chi connectivity index (χ2v) is 8.36. The van der Waals surface area contributed by atoms with E-state index in [0.29, 0.717) is 12.4 Å². The SMILES string of the molecule is CCOc1cnc(NC(=O)C2C(C)(C)C2(C)C)cc1CN1CCOCC1. The summed E-state index contributed by atoms with van der Waals surface area (Å²) in [5, 5.41) is 3.01. The third-order valence-corrected chi connectivity index (χ3v) is 6.28. The average molecular weight is 361 g/mol. The summed E-state index contributed by atoms with van der Waals surface area (Å²) in [6, 6.07) is 1.95. The van der Waals surface area contributed by atoms with Crippen LogP contribution in [0, 0.1) is 16.7 Å². The molecule has 6 nitrogen and oxygen atoms in total. The quantitative estimate of drug-likeness (QED) is 0.844. The minimum atomic E-state index is 0.00561. The molecule has 1 amide bonds. The molecule has 2 heterocycles. The van der Waals surface area contributed by atoms with Gasteiger partial charge in [-0.15, -0.1) is 0 Å². The fraction of sp³-hybridized carbons (Fsp3) is 0.700. The lowest BCUT2D eigenvalue weighted by Gasteiger charge is -2.27. The summed E-state index contributed by atoms with van der Waals surface area (Å²) in [6.45, 7) is 15.2. The van der Waals surface area contributed by atoms with Crippen LogP contribution in [0.5, 0.6) is 5.75 Å². The van der Waals surface area contributed by atoms with Crippen LogP contribution in [-0.2, 0) is 16.1 Å². The lowest BCUT2D eigenvalue weighted by Crippen LogP contribution is -2.35. The van der Waals surface area contributed by atoms with Crippen LogP contribution in [0.2, 0.25) is 0 Å². The predicted molar refractivity (Wildman–Crippen MR) is 101 cm³/mol. The summed E-state index contributed by atoms with van der Waals surface area (Å²) < 4.78 is 11.2. The topological polar surface area (TPSA) is 63.7 Å². The number of morpholine rings is 1. The van der Waals surface area contributed by atoms with Crippen LogP contribution in [0.15, 0.2) is 12.3 Å². The second-order valence-electron chi connectivity index (χ2n) is 8.36. The molecule has 0 radical (unpaired) electrons. The van der Waals surface area contributed by atoms with E-state index in [-0.39, 0.29) is 22.7 Å². The van der Waals surface area contributed by atoms with Gasteiger partial charge in [0.2, 0.25) is 5.91 Å². The van der Waals surface area contributed by atoms with E-state index in [1.54, 1.807) is 6.20 Å². The van der Waals surface area contributed by atoms with Crippen molar-refractivity contribution in [2.75, 3.05) is 38.2 Å². The van der Waals surface area contributed by atoms with Gasteiger partial charge in [-0.25, -0.2) is 4.98 Å². The molecule has 3 rings (SSSR count). The van der Waals surface area contributed by atoms with Crippen molar-refractivity contribution in [2.24, 2.45) is 16.7 Å². The van der Waals surface area contributed by atoms with Gasteiger partial charge in [0.05, 0.1) is 26.0 Å². The average Bonchev–Trinajstić information content (AvgIpc) is 3.00.